The summed E-state index contributed by atoms with van der Waals surface area (Å²) in [5.74, 6) is 1.80. The molecule has 0 radical (unpaired) electrons. The van der Waals surface area contributed by atoms with E-state index in [1.54, 1.807) is 36.4 Å². The van der Waals surface area contributed by atoms with Crippen LogP contribution >= 0.6 is 23.4 Å². The van der Waals surface area contributed by atoms with E-state index < -0.39 is 10.0 Å². The first-order valence-corrected chi connectivity index (χ1v) is 12.7. The molecule has 166 valence electrons. The normalized spacial score (nSPS) is 11.7. The lowest BCUT2D eigenvalue weighted by atomic mass is 10.2. The van der Waals surface area contributed by atoms with Gasteiger partial charge in [0.15, 0.2) is 0 Å². The van der Waals surface area contributed by atoms with E-state index in [1.807, 2.05) is 26.0 Å². The van der Waals surface area contributed by atoms with Gasteiger partial charge in [0, 0.05) is 29.4 Å². The van der Waals surface area contributed by atoms with Crippen molar-refractivity contribution in [1.82, 2.24) is 14.5 Å². The number of rotatable bonds is 11. The standard InChI is InChI=1S/C21H24ClN3O4S2/c1-3-25(4-2)31(26,27)19-8-5-7-16(15-19)20-23-24-21(29-20)30-14-6-13-28-18-11-9-17(22)10-12-18/h5,7-12,15H,3-4,6,13-14H2,1-2H3. The lowest BCUT2D eigenvalue weighted by Gasteiger charge is -2.18. The van der Waals surface area contributed by atoms with Gasteiger partial charge in [0.2, 0.25) is 15.9 Å². The predicted octanol–water partition coefficient (Wildman–Crippen LogP) is 4.98. The van der Waals surface area contributed by atoms with Crippen molar-refractivity contribution in [3.8, 4) is 17.2 Å². The van der Waals surface area contributed by atoms with Gasteiger partial charge >= 0.3 is 0 Å². The smallest absolute Gasteiger partial charge is 0.276 e. The van der Waals surface area contributed by atoms with Crippen molar-refractivity contribution in [2.75, 3.05) is 25.4 Å². The van der Waals surface area contributed by atoms with Crippen LogP contribution in [0.25, 0.3) is 11.5 Å². The molecule has 0 saturated carbocycles. The zero-order valence-electron chi connectivity index (χ0n) is 17.3. The molecule has 3 aromatic rings. The van der Waals surface area contributed by atoms with Gasteiger partial charge < -0.3 is 9.15 Å². The molecule has 10 heteroatoms. The summed E-state index contributed by atoms with van der Waals surface area (Å²) in [6, 6.07) is 13.8. The largest absolute Gasteiger partial charge is 0.494 e. The zero-order chi connectivity index (χ0) is 22.3. The van der Waals surface area contributed by atoms with Gasteiger partial charge in [0.05, 0.1) is 11.5 Å². The lowest BCUT2D eigenvalue weighted by Crippen LogP contribution is -2.30. The van der Waals surface area contributed by atoms with E-state index >= 15 is 0 Å². The van der Waals surface area contributed by atoms with Crippen molar-refractivity contribution >= 4 is 33.4 Å². The lowest BCUT2D eigenvalue weighted by molar-refractivity contribution is 0.318. The third kappa shape index (κ3) is 6.22. The van der Waals surface area contributed by atoms with Gasteiger partial charge in [-0.1, -0.05) is 43.3 Å². The van der Waals surface area contributed by atoms with Gasteiger partial charge in [-0.05, 0) is 48.9 Å². The summed E-state index contributed by atoms with van der Waals surface area (Å²) in [5.41, 5.74) is 0.568. The third-order valence-electron chi connectivity index (χ3n) is 4.43. The van der Waals surface area contributed by atoms with Crippen LogP contribution in [0.4, 0.5) is 0 Å². The average molecular weight is 482 g/mol. The number of thioether (sulfide) groups is 1. The van der Waals surface area contributed by atoms with E-state index in [0.717, 1.165) is 17.9 Å². The highest BCUT2D eigenvalue weighted by atomic mass is 35.5. The van der Waals surface area contributed by atoms with E-state index in [2.05, 4.69) is 10.2 Å². The summed E-state index contributed by atoms with van der Waals surface area (Å²) >= 11 is 7.28. The molecule has 3 rings (SSSR count). The second-order valence-corrected chi connectivity index (χ2v) is 9.92. The quantitative estimate of drug-likeness (QED) is 0.282. The van der Waals surface area contributed by atoms with Gasteiger partial charge in [-0.25, -0.2) is 8.42 Å². The van der Waals surface area contributed by atoms with Crippen molar-refractivity contribution in [1.29, 1.82) is 0 Å². The summed E-state index contributed by atoms with van der Waals surface area (Å²) in [6.07, 6.45) is 0.794. The third-order valence-corrected chi connectivity index (χ3v) is 7.63. The Balaban J connectivity index is 1.56. The van der Waals surface area contributed by atoms with E-state index in [1.165, 1.54) is 16.1 Å². The van der Waals surface area contributed by atoms with Crippen molar-refractivity contribution in [3.05, 3.63) is 53.6 Å². The first kappa shape index (κ1) is 23.6. The molecule has 0 bridgehead atoms. The molecule has 0 atom stereocenters. The van der Waals surface area contributed by atoms with Gasteiger partial charge in [0.25, 0.3) is 5.22 Å². The van der Waals surface area contributed by atoms with Crippen LogP contribution in [0.5, 0.6) is 5.75 Å². The Morgan fingerprint density at radius 1 is 1.10 bits per heavy atom. The van der Waals surface area contributed by atoms with E-state index in [4.69, 9.17) is 20.8 Å². The monoisotopic (exact) mass is 481 g/mol. The fourth-order valence-corrected chi connectivity index (χ4v) is 5.13. The van der Waals surface area contributed by atoms with Gasteiger partial charge in [-0.2, -0.15) is 4.31 Å². The fourth-order valence-electron chi connectivity index (χ4n) is 2.83. The second-order valence-electron chi connectivity index (χ2n) is 6.49. The molecule has 0 aliphatic heterocycles. The summed E-state index contributed by atoms with van der Waals surface area (Å²) in [4.78, 5) is 0.209. The van der Waals surface area contributed by atoms with Crippen molar-refractivity contribution in [2.24, 2.45) is 0 Å². The van der Waals surface area contributed by atoms with Crippen LogP contribution in [-0.4, -0.2) is 48.4 Å². The molecule has 0 aliphatic rings. The molecule has 0 spiro atoms. The number of hydrogen-bond donors (Lipinski definition) is 0. The number of benzene rings is 2. The number of sulfonamides is 1. The van der Waals surface area contributed by atoms with Crippen LogP contribution in [0.2, 0.25) is 5.02 Å². The van der Waals surface area contributed by atoms with Crippen molar-refractivity contribution in [2.45, 2.75) is 30.4 Å². The van der Waals surface area contributed by atoms with Crippen LogP contribution in [-0.2, 0) is 10.0 Å². The minimum absolute atomic E-state index is 0.209. The summed E-state index contributed by atoms with van der Waals surface area (Å²) in [5, 5.41) is 9.21. The van der Waals surface area contributed by atoms with Crippen molar-refractivity contribution < 1.29 is 17.6 Å². The van der Waals surface area contributed by atoms with E-state index in [-0.39, 0.29) is 10.8 Å². The van der Waals surface area contributed by atoms with Crippen LogP contribution in [0.1, 0.15) is 20.3 Å². The van der Waals surface area contributed by atoms with Crippen LogP contribution in [0.3, 0.4) is 0 Å². The molecule has 0 fully saturated rings. The summed E-state index contributed by atoms with van der Waals surface area (Å²) < 4.78 is 38.3. The Labute approximate surface area is 191 Å². The average Bonchev–Trinajstić information content (AvgIpc) is 3.24. The maximum atomic E-state index is 12.7. The van der Waals surface area contributed by atoms with Crippen LogP contribution in [0.15, 0.2) is 63.1 Å². The zero-order valence-corrected chi connectivity index (χ0v) is 19.7. The van der Waals surface area contributed by atoms with Crippen LogP contribution in [0, 0.1) is 0 Å². The molecular formula is C21H24ClN3O4S2. The fraction of sp³-hybridized carbons (Fsp3) is 0.333. The molecule has 0 amide bonds. The minimum atomic E-state index is -3.55. The molecule has 0 unspecified atom stereocenters. The number of ether oxygens (including phenoxy) is 1. The molecule has 0 N–H and O–H groups in total. The van der Waals surface area contributed by atoms with Gasteiger partial charge in [0.1, 0.15) is 5.75 Å². The Kier molecular flexibility index (Phi) is 8.36. The highest BCUT2D eigenvalue weighted by Crippen LogP contribution is 2.26. The highest BCUT2D eigenvalue weighted by molar-refractivity contribution is 7.99. The highest BCUT2D eigenvalue weighted by Gasteiger charge is 2.22. The van der Waals surface area contributed by atoms with Gasteiger partial charge in [-0.3, -0.25) is 0 Å². The Hall–Kier alpha value is -2.07. The molecule has 1 aromatic heterocycles. The number of hydrogen-bond acceptors (Lipinski definition) is 7. The molecular weight excluding hydrogens is 458 g/mol. The maximum absolute atomic E-state index is 12.7. The van der Waals surface area contributed by atoms with Gasteiger partial charge in [-0.15, -0.1) is 10.2 Å². The SMILES string of the molecule is CCN(CC)S(=O)(=O)c1cccc(-c2nnc(SCCCOc3ccc(Cl)cc3)o2)c1. The molecule has 1 heterocycles. The topological polar surface area (TPSA) is 85.5 Å². The first-order chi connectivity index (χ1) is 14.9. The maximum Gasteiger partial charge on any atom is 0.276 e. The minimum Gasteiger partial charge on any atom is -0.494 e. The first-order valence-electron chi connectivity index (χ1n) is 9.89. The van der Waals surface area contributed by atoms with E-state index in [0.29, 0.717) is 35.5 Å². The molecule has 0 saturated heterocycles. The Morgan fingerprint density at radius 2 is 1.84 bits per heavy atom. The molecule has 7 nitrogen and oxygen atoms in total. The number of aromatic nitrogens is 2. The summed E-state index contributed by atoms with van der Waals surface area (Å²) in [7, 11) is -3.55. The summed E-state index contributed by atoms with van der Waals surface area (Å²) in [6.45, 7) is 5.00. The molecule has 2 aromatic carbocycles. The molecule has 0 aliphatic carbocycles. The van der Waals surface area contributed by atoms with Crippen LogP contribution < -0.4 is 4.74 Å². The van der Waals surface area contributed by atoms with E-state index in [9.17, 15) is 8.42 Å². The Bertz CT molecular complexity index is 1080. The van der Waals surface area contributed by atoms with Crippen molar-refractivity contribution in [3.63, 3.8) is 0 Å². The number of nitrogens with zero attached hydrogens (tertiary/aromatic N) is 3. The second kappa shape index (κ2) is 11.0. The number of halogens is 1. The predicted molar refractivity (Wildman–Crippen MR) is 122 cm³/mol. The molecule has 31 heavy (non-hydrogen) atoms. The Morgan fingerprint density at radius 3 is 2.55 bits per heavy atom.